The minimum Gasteiger partial charge on any atom is -0.377 e. The maximum absolute atomic E-state index is 11.0. The predicted molar refractivity (Wildman–Crippen MR) is 58.7 cm³/mol. The summed E-state index contributed by atoms with van der Waals surface area (Å²) in [5.41, 5.74) is 0. The summed E-state index contributed by atoms with van der Waals surface area (Å²) < 4.78 is 39.7. The number of rotatable bonds is 8. The molecule has 0 aliphatic carbocycles. The predicted octanol–water partition coefficient (Wildman–Crippen LogP) is -0.0726. The molecule has 1 N–H and O–H groups in total. The van der Waals surface area contributed by atoms with Crippen molar-refractivity contribution in [2.45, 2.75) is 6.04 Å². The summed E-state index contributed by atoms with van der Waals surface area (Å²) in [6, 6.07) is 0.365. The molecule has 15 heavy (non-hydrogen) atoms. The van der Waals surface area contributed by atoms with Crippen molar-refractivity contribution in [2.75, 3.05) is 27.9 Å². The Morgan fingerprint density at radius 3 is 2.07 bits per heavy atom. The van der Waals surface area contributed by atoms with Crippen LogP contribution >= 0.6 is 0 Å². The molecule has 0 atom stereocenters. The summed E-state index contributed by atoms with van der Waals surface area (Å²) >= 11 is 0. The van der Waals surface area contributed by atoms with Gasteiger partial charge in [-0.2, -0.15) is 0 Å². The van der Waals surface area contributed by atoms with Gasteiger partial charge in [0.05, 0.1) is 0 Å². The molecule has 0 unspecified atom stereocenters. The Hall–Kier alpha value is -0.253. The Bertz CT molecular complexity index is 279. The second-order valence-electron chi connectivity index (χ2n) is 2.65. The molecule has 0 spiro atoms. The fraction of sp³-hybridized carbons (Fsp3) is 0.714. The van der Waals surface area contributed by atoms with E-state index in [9.17, 15) is 8.42 Å². The quantitative estimate of drug-likeness (QED) is 0.614. The van der Waals surface area contributed by atoms with Crippen molar-refractivity contribution in [3.8, 4) is 0 Å². The van der Waals surface area contributed by atoms with Gasteiger partial charge in [0.2, 0.25) is 10.0 Å². The SMILES string of the molecule is C=CS(=O)(=O)NCC[Si](OC)(OC)OC. The summed E-state index contributed by atoms with van der Waals surface area (Å²) in [5.74, 6) is 0. The molecule has 0 heterocycles. The molecule has 0 saturated carbocycles. The normalized spacial score (nSPS) is 12.7. The molecule has 0 aliphatic rings. The van der Waals surface area contributed by atoms with Crippen LogP contribution in [0.4, 0.5) is 0 Å². The summed E-state index contributed by atoms with van der Waals surface area (Å²) in [6.07, 6.45) is 0. The van der Waals surface area contributed by atoms with Gasteiger partial charge in [-0.25, -0.2) is 13.1 Å². The van der Waals surface area contributed by atoms with Crippen molar-refractivity contribution >= 4 is 18.8 Å². The van der Waals surface area contributed by atoms with Crippen molar-refractivity contribution in [3.05, 3.63) is 12.0 Å². The van der Waals surface area contributed by atoms with Crippen molar-refractivity contribution < 1.29 is 21.7 Å². The van der Waals surface area contributed by atoms with Crippen LogP contribution in [-0.4, -0.2) is 45.1 Å². The van der Waals surface area contributed by atoms with Crippen LogP contribution in [0.15, 0.2) is 12.0 Å². The third-order valence-corrected chi connectivity index (χ3v) is 5.66. The first kappa shape index (κ1) is 14.7. The Kier molecular flexibility index (Phi) is 6.25. The van der Waals surface area contributed by atoms with Crippen LogP contribution in [0, 0.1) is 0 Å². The summed E-state index contributed by atoms with van der Waals surface area (Å²) in [6.45, 7) is 3.37. The fourth-order valence-electron chi connectivity index (χ4n) is 0.961. The van der Waals surface area contributed by atoms with Crippen LogP contribution in [0.2, 0.25) is 6.04 Å². The van der Waals surface area contributed by atoms with Gasteiger partial charge in [-0.1, -0.05) is 6.58 Å². The molecule has 90 valence electrons. The largest absolute Gasteiger partial charge is 0.501 e. The lowest BCUT2D eigenvalue weighted by Gasteiger charge is -2.24. The van der Waals surface area contributed by atoms with Crippen LogP contribution in [0.3, 0.4) is 0 Å². The van der Waals surface area contributed by atoms with Crippen molar-refractivity contribution in [1.29, 1.82) is 0 Å². The van der Waals surface area contributed by atoms with E-state index in [1.807, 2.05) is 0 Å². The second kappa shape index (κ2) is 6.36. The number of sulfonamides is 1. The zero-order valence-electron chi connectivity index (χ0n) is 9.15. The van der Waals surface area contributed by atoms with Gasteiger partial charge in [0.15, 0.2) is 0 Å². The molecule has 0 rings (SSSR count). The van der Waals surface area contributed by atoms with E-state index in [0.717, 1.165) is 5.41 Å². The molecule has 0 saturated heterocycles. The van der Waals surface area contributed by atoms with E-state index >= 15 is 0 Å². The second-order valence-corrected chi connectivity index (χ2v) is 7.45. The van der Waals surface area contributed by atoms with Crippen LogP contribution in [-0.2, 0) is 23.3 Å². The zero-order chi connectivity index (χ0) is 11.9. The van der Waals surface area contributed by atoms with Gasteiger partial charge < -0.3 is 13.3 Å². The standard InChI is InChI=1S/C7H17NO5SSi/c1-5-14(9,10)8-6-7-15(11-2,12-3)13-4/h5,8H,1,6-7H2,2-4H3. The zero-order valence-corrected chi connectivity index (χ0v) is 11.0. The van der Waals surface area contributed by atoms with Crippen molar-refractivity contribution in [3.63, 3.8) is 0 Å². The van der Waals surface area contributed by atoms with Gasteiger partial charge in [-0.3, -0.25) is 0 Å². The number of hydrogen-bond donors (Lipinski definition) is 1. The average molecular weight is 255 g/mol. The molecule has 6 nitrogen and oxygen atoms in total. The van der Waals surface area contributed by atoms with Gasteiger partial charge in [0.25, 0.3) is 0 Å². The molecule has 8 heteroatoms. The Balaban J connectivity index is 4.19. The molecule has 0 bridgehead atoms. The average Bonchev–Trinajstić information content (AvgIpc) is 2.25. The molecule has 0 amide bonds. The van der Waals surface area contributed by atoms with Crippen LogP contribution < -0.4 is 4.72 Å². The highest BCUT2D eigenvalue weighted by Gasteiger charge is 2.37. The minimum absolute atomic E-state index is 0.191. The Labute approximate surface area is 91.6 Å². The summed E-state index contributed by atoms with van der Waals surface area (Å²) in [7, 11) is -1.67. The molecule has 0 aromatic carbocycles. The smallest absolute Gasteiger partial charge is 0.377 e. The minimum atomic E-state index is -3.40. The molecule has 0 aliphatic heterocycles. The number of hydrogen-bond acceptors (Lipinski definition) is 5. The Morgan fingerprint density at radius 1 is 1.27 bits per heavy atom. The van der Waals surface area contributed by atoms with Gasteiger partial charge >= 0.3 is 8.80 Å². The first-order valence-corrected chi connectivity index (χ1v) is 7.70. The van der Waals surface area contributed by atoms with Crippen molar-refractivity contribution in [2.24, 2.45) is 0 Å². The van der Waals surface area contributed by atoms with Crippen LogP contribution in [0.5, 0.6) is 0 Å². The first-order chi connectivity index (χ1) is 6.95. The van der Waals surface area contributed by atoms with Crippen LogP contribution in [0.1, 0.15) is 0 Å². The van der Waals surface area contributed by atoms with Crippen molar-refractivity contribution in [1.82, 2.24) is 4.72 Å². The van der Waals surface area contributed by atoms with Gasteiger partial charge in [0.1, 0.15) is 0 Å². The number of nitrogens with one attached hydrogen (secondary N) is 1. The van der Waals surface area contributed by atoms with E-state index in [1.54, 1.807) is 0 Å². The Morgan fingerprint density at radius 2 is 1.73 bits per heavy atom. The van der Waals surface area contributed by atoms with E-state index in [0.29, 0.717) is 6.04 Å². The maximum Gasteiger partial charge on any atom is 0.501 e. The molecular weight excluding hydrogens is 238 g/mol. The van der Waals surface area contributed by atoms with Crippen LogP contribution in [0.25, 0.3) is 0 Å². The molecular formula is C7H17NO5SSi. The topological polar surface area (TPSA) is 73.9 Å². The molecule has 0 fully saturated rings. The third kappa shape index (κ3) is 4.86. The third-order valence-electron chi connectivity index (χ3n) is 1.89. The lowest BCUT2D eigenvalue weighted by atomic mass is 10.8. The molecule has 0 aromatic heterocycles. The highest BCUT2D eigenvalue weighted by molar-refractivity contribution is 7.92. The van der Waals surface area contributed by atoms with E-state index < -0.39 is 18.8 Å². The summed E-state index contributed by atoms with van der Waals surface area (Å²) in [5, 5.41) is 0.850. The molecule has 0 aromatic rings. The van der Waals surface area contributed by atoms with Gasteiger partial charge in [-0.05, 0) is 0 Å². The monoisotopic (exact) mass is 255 g/mol. The van der Waals surface area contributed by atoms with Gasteiger partial charge in [0, 0.05) is 39.3 Å². The molecule has 0 radical (unpaired) electrons. The highest BCUT2D eigenvalue weighted by atomic mass is 32.2. The summed E-state index contributed by atoms with van der Waals surface area (Å²) in [4.78, 5) is 0. The lowest BCUT2D eigenvalue weighted by molar-refractivity contribution is 0.124. The highest BCUT2D eigenvalue weighted by Crippen LogP contribution is 2.11. The first-order valence-electron chi connectivity index (χ1n) is 4.23. The lowest BCUT2D eigenvalue weighted by Crippen LogP contribution is -2.45. The fourth-order valence-corrected chi connectivity index (χ4v) is 3.19. The van der Waals surface area contributed by atoms with E-state index in [2.05, 4.69) is 11.3 Å². The van der Waals surface area contributed by atoms with E-state index in [4.69, 9.17) is 13.3 Å². The van der Waals surface area contributed by atoms with E-state index in [-0.39, 0.29) is 6.54 Å². The van der Waals surface area contributed by atoms with E-state index in [1.165, 1.54) is 21.3 Å². The maximum atomic E-state index is 11.0. The van der Waals surface area contributed by atoms with Gasteiger partial charge in [-0.15, -0.1) is 0 Å².